The molecule has 1 heterocycles. The summed E-state index contributed by atoms with van der Waals surface area (Å²) in [7, 11) is 0. The lowest BCUT2D eigenvalue weighted by atomic mass is 10.0. The van der Waals surface area contributed by atoms with Gasteiger partial charge < -0.3 is 25.6 Å². The third-order valence-corrected chi connectivity index (χ3v) is 3.14. The van der Waals surface area contributed by atoms with Crippen LogP contribution in [0, 0.1) is 5.92 Å². The van der Waals surface area contributed by atoms with E-state index in [1.165, 1.54) is 0 Å². The van der Waals surface area contributed by atoms with Crippen molar-refractivity contribution in [3.05, 3.63) is 0 Å². The van der Waals surface area contributed by atoms with Gasteiger partial charge in [0.1, 0.15) is 6.04 Å². The molecule has 0 spiro atoms. The first-order valence-corrected chi connectivity index (χ1v) is 6.55. The largest absolute Gasteiger partial charge is 0.481 e. The predicted molar refractivity (Wildman–Crippen MR) is 68.4 cm³/mol. The van der Waals surface area contributed by atoms with Crippen LogP contribution in [0.3, 0.4) is 0 Å². The number of nitrogens with one attached hydrogen (secondary N) is 2. The van der Waals surface area contributed by atoms with E-state index in [1.807, 2.05) is 0 Å². The van der Waals surface area contributed by atoms with Crippen molar-refractivity contribution < 1.29 is 29.3 Å². The Balaban J connectivity index is 2.29. The number of rotatable bonds is 7. The Bertz CT molecular complexity index is 354. The Morgan fingerprint density at radius 3 is 2.40 bits per heavy atom. The highest BCUT2D eigenvalue weighted by Crippen LogP contribution is 2.13. The maximum Gasteiger partial charge on any atom is 0.326 e. The number of ether oxygens (including phenoxy) is 1. The van der Waals surface area contributed by atoms with E-state index in [1.54, 1.807) is 0 Å². The molecule has 0 bridgehead atoms. The molecule has 1 rings (SSSR count). The molecule has 0 aliphatic carbocycles. The van der Waals surface area contributed by atoms with E-state index in [-0.39, 0.29) is 12.8 Å². The molecule has 8 heteroatoms. The molecule has 1 saturated heterocycles. The third-order valence-electron chi connectivity index (χ3n) is 3.14. The molecule has 8 nitrogen and oxygen atoms in total. The van der Waals surface area contributed by atoms with Crippen molar-refractivity contribution in [1.29, 1.82) is 0 Å². The van der Waals surface area contributed by atoms with E-state index < -0.39 is 24.0 Å². The lowest BCUT2D eigenvalue weighted by Gasteiger charge is -2.22. The standard InChI is InChI=1S/C12H20N2O6/c15-10(16)2-1-9(11(17)18)14-12(19)13-7-8-3-5-20-6-4-8/h8-9H,1-7H2,(H,15,16)(H,17,18)(H2,13,14,19). The molecule has 4 N–H and O–H groups in total. The summed E-state index contributed by atoms with van der Waals surface area (Å²) in [6.45, 7) is 1.80. The minimum absolute atomic E-state index is 0.143. The van der Waals surface area contributed by atoms with Crippen LogP contribution in [0.2, 0.25) is 0 Å². The van der Waals surface area contributed by atoms with Crippen LogP contribution in [0.4, 0.5) is 4.79 Å². The molecule has 0 aromatic rings. The molecule has 0 aromatic heterocycles. The second-order valence-electron chi connectivity index (χ2n) is 4.73. The fourth-order valence-electron chi connectivity index (χ4n) is 1.92. The van der Waals surface area contributed by atoms with Crippen LogP contribution in [-0.4, -0.2) is 54.0 Å². The zero-order chi connectivity index (χ0) is 15.0. The first kappa shape index (κ1) is 16.2. The van der Waals surface area contributed by atoms with Crippen LogP contribution in [0.5, 0.6) is 0 Å². The Kier molecular flexibility index (Phi) is 6.78. The molecule has 0 saturated carbocycles. The third kappa shape index (κ3) is 6.37. The summed E-state index contributed by atoms with van der Waals surface area (Å²) in [5, 5.41) is 22.3. The zero-order valence-corrected chi connectivity index (χ0v) is 11.1. The highest BCUT2D eigenvalue weighted by Gasteiger charge is 2.21. The summed E-state index contributed by atoms with van der Waals surface area (Å²) >= 11 is 0. The fourth-order valence-corrected chi connectivity index (χ4v) is 1.92. The SMILES string of the molecule is O=C(O)CCC(NC(=O)NCC1CCOCC1)C(=O)O. The predicted octanol–water partition coefficient (Wildman–Crippen LogP) is 0.0302. The van der Waals surface area contributed by atoms with Gasteiger partial charge in [-0.25, -0.2) is 9.59 Å². The number of carbonyl (C=O) groups is 3. The molecule has 1 unspecified atom stereocenters. The molecule has 2 amide bonds. The lowest BCUT2D eigenvalue weighted by Crippen LogP contribution is -2.47. The second-order valence-corrected chi connectivity index (χ2v) is 4.73. The van der Waals surface area contributed by atoms with Crippen LogP contribution in [0.15, 0.2) is 0 Å². The van der Waals surface area contributed by atoms with Gasteiger partial charge >= 0.3 is 18.0 Å². The van der Waals surface area contributed by atoms with Crippen LogP contribution in [0.25, 0.3) is 0 Å². The first-order chi connectivity index (χ1) is 9.49. The Hall–Kier alpha value is -1.83. The molecule has 1 aliphatic rings. The number of hydrogen-bond acceptors (Lipinski definition) is 4. The minimum atomic E-state index is -1.24. The van der Waals surface area contributed by atoms with Crippen LogP contribution >= 0.6 is 0 Å². The monoisotopic (exact) mass is 288 g/mol. The Morgan fingerprint density at radius 2 is 1.85 bits per heavy atom. The number of carboxylic acid groups (broad SMARTS) is 2. The van der Waals surface area contributed by atoms with E-state index in [0.29, 0.717) is 25.7 Å². The van der Waals surface area contributed by atoms with Gasteiger partial charge in [0, 0.05) is 26.2 Å². The van der Waals surface area contributed by atoms with Crippen molar-refractivity contribution in [2.24, 2.45) is 5.92 Å². The highest BCUT2D eigenvalue weighted by atomic mass is 16.5. The van der Waals surface area contributed by atoms with Gasteiger partial charge in [0.05, 0.1) is 0 Å². The number of amides is 2. The molecular weight excluding hydrogens is 268 g/mol. The number of urea groups is 1. The summed E-state index contributed by atoms with van der Waals surface area (Å²) in [5.74, 6) is -2.01. The summed E-state index contributed by atoms with van der Waals surface area (Å²) in [4.78, 5) is 32.9. The van der Waals surface area contributed by atoms with Crippen molar-refractivity contribution in [1.82, 2.24) is 10.6 Å². The molecule has 1 aliphatic heterocycles. The van der Waals surface area contributed by atoms with Crippen LogP contribution < -0.4 is 10.6 Å². The van der Waals surface area contributed by atoms with E-state index >= 15 is 0 Å². The number of hydrogen-bond donors (Lipinski definition) is 4. The molecule has 0 radical (unpaired) electrons. The summed E-state index contributed by atoms with van der Waals surface area (Å²) in [6, 6.07) is -1.78. The molecule has 1 fully saturated rings. The quantitative estimate of drug-likeness (QED) is 0.524. The van der Waals surface area contributed by atoms with Gasteiger partial charge in [-0.15, -0.1) is 0 Å². The van der Waals surface area contributed by atoms with Crippen LogP contribution in [-0.2, 0) is 14.3 Å². The van der Waals surface area contributed by atoms with Gasteiger partial charge in [-0.1, -0.05) is 0 Å². The normalized spacial score (nSPS) is 17.2. The number of aliphatic carboxylic acids is 2. The van der Waals surface area contributed by atoms with E-state index in [9.17, 15) is 14.4 Å². The topological polar surface area (TPSA) is 125 Å². The van der Waals surface area contributed by atoms with E-state index in [2.05, 4.69) is 10.6 Å². The van der Waals surface area contributed by atoms with E-state index in [0.717, 1.165) is 12.8 Å². The van der Waals surface area contributed by atoms with Gasteiger partial charge in [0.2, 0.25) is 0 Å². The van der Waals surface area contributed by atoms with Crippen molar-refractivity contribution in [2.75, 3.05) is 19.8 Å². The molecule has 114 valence electrons. The maximum atomic E-state index is 11.6. The zero-order valence-electron chi connectivity index (χ0n) is 11.1. The Morgan fingerprint density at radius 1 is 1.20 bits per heavy atom. The van der Waals surface area contributed by atoms with Gasteiger partial charge in [-0.3, -0.25) is 4.79 Å². The number of carboxylic acids is 2. The number of carbonyl (C=O) groups excluding carboxylic acids is 1. The average Bonchev–Trinajstić information content (AvgIpc) is 2.41. The van der Waals surface area contributed by atoms with Crippen molar-refractivity contribution in [3.8, 4) is 0 Å². The summed E-state index contributed by atoms with van der Waals surface area (Å²) < 4.78 is 5.20. The van der Waals surface area contributed by atoms with Crippen molar-refractivity contribution in [3.63, 3.8) is 0 Å². The highest BCUT2D eigenvalue weighted by molar-refractivity contribution is 5.82. The van der Waals surface area contributed by atoms with Crippen molar-refractivity contribution >= 4 is 18.0 Å². The fraction of sp³-hybridized carbons (Fsp3) is 0.750. The Labute approximate surface area is 116 Å². The molecular formula is C12H20N2O6. The van der Waals surface area contributed by atoms with Crippen LogP contribution in [0.1, 0.15) is 25.7 Å². The van der Waals surface area contributed by atoms with E-state index in [4.69, 9.17) is 14.9 Å². The average molecular weight is 288 g/mol. The second kappa shape index (κ2) is 8.36. The maximum absolute atomic E-state index is 11.6. The molecule has 0 aromatic carbocycles. The lowest BCUT2D eigenvalue weighted by molar-refractivity contribution is -0.140. The van der Waals surface area contributed by atoms with Gasteiger partial charge in [-0.2, -0.15) is 0 Å². The summed E-state index contributed by atoms with van der Waals surface area (Å²) in [6.07, 6.45) is 1.27. The first-order valence-electron chi connectivity index (χ1n) is 6.55. The minimum Gasteiger partial charge on any atom is -0.481 e. The molecule has 1 atom stereocenters. The summed E-state index contributed by atoms with van der Waals surface area (Å²) in [5.41, 5.74) is 0. The van der Waals surface area contributed by atoms with Gasteiger partial charge in [-0.05, 0) is 25.2 Å². The van der Waals surface area contributed by atoms with Gasteiger partial charge in [0.25, 0.3) is 0 Å². The van der Waals surface area contributed by atoms with Gasteiger partial charge in [0.15, 0.2) is 0 Å². The van der Waals surface area contributed by atoms with Crippen molar-refractivity contribution in [2.45, 2.75) is 31.7 Å². The molecule has 20 heavy (non-hydrogen) atoms. The smallest absolute Gasteiger partial charge is 0.326 e.